The van der Waals surface area contributed by atoms with Crippen LogP contribution >= 0.6 is 0 Å². The number of hydrogen-bond acceptors (Lipinski definition) is 4. The summed E-state index contributed by atoms with van der Waals surface area (Å²) in [6.45, 7) is 5.74. The summed E-state index contributed by atoms with van der Waals surface area (Å²) < 4.78 is 16.8. The van der Waals surface area contributed by atoms with E-state index in [1.165, 1.54) is 12.0 Å². The van der Waals surface area contributed by atoms with Gasteiger partial charge in [0.05, 0.1) is 20.3 Å². The summed E-state index contributed by atoms with van der Waals surface area (Å²) in [5.41, 5.74) is 1.22. The van der Waals surface area contributed by atoms with Crippen LogP contribution in [0.4, 0.5) is 0 Å². The molecule has 0 aromatic heterocycles. The van der Waals surface area contributed by atoms with Crippen molar-refractivity contribution in [3.8, 4) is 11.5 Å². The van der Waals surface area contributed by atoms with Gasteiger partial charge in [0.15, 0.2) is 11.5 Å². The predicted molar refractivity (Wildman–Crippen MR) is 77.3 cm³/mol. The van der Waals surface area contributed by atoms with Crippen LogP contribution in [0.3, 0.4) is 0 Å². The third kappa shape index (κ3) is 3.07. The molecule has 0 amide bonds. The summed E-state index contributed by atoms with van der Waals surface area (Å²) in [6, 6.07) is 6.15. The standard InChI is InChI=1S/C16H23NO3/c1-18-15-5-2-4-14-11-17(7-3-8-20-16(14)15)10-13-6-9-19-12-13/h2,4-5,13H,3,6-12H2,1H3/t13-/m1/s1. The Bertz CT molecular complexity index is 443. The number of hydrogen-bond donors (Lipinski definition) is 0. The van der Waals surface area contributed by atoms with Crippen molar-refractivity contribution >= 4 is 0 Å². The van der Waals surface area contributed by atoms with Crippen molar-refractivity contribution in [3.63, 3.8) is 0 Å². The molecule has 3 rings (SSSR count). The van der Waals surface area contributed by atoms with Crippen molar-refractivity contribution in [1.82, 2.24) is 4.90 Å². The first-order valence-corrected chi connectivity index (χ1v) is 7.45. The number of para-hydroxylation sites is 1. The van der Waals surface area contributed by atoms with Crippen LogP contribution in [0.25, 0.3) is 0 Å². The fourth-order valence-electron chi connectivity index (χ4n) is 3.04. The van der Waals surface area contributed by atoms with Crippen molar-refractivity contribution in [2.45, 2.75) is 19.4 Å². The lowest BCUT2D eigenvalue weighted by Crippen LogP contribution is -2.32. The number of nitrogens with zero attached hydrogens (tertiary/aromatic N) is 1. The van der Waals surface area contributed by atoms with Gasteiger partial charge in [-0.1, -0.05) is 12.1 Å². The average Bonchev–Trinajstić information content (AvgIpc) is 2.94. The van der Waals surface area contributed by atoms with Crippen molar-refractivity contribution in [1.29, 1.82) is 0 Å². The van der Waals surface area contributed by atoms with E-state index in [4.69, 9.17) is 14.2 Å². The van der Waals surface area contributed by atoms with Gasteiger partial charge in [-0.2, -0.15) is 0 Å². The molecule has 4 heteroatoms. The molecule has 2 aliphatic rings. The van der Waals surface area contributed by atoms with Gasteiger partial charge >= 0.3 is 0 Å². The fourth-order valence-corrected chi connectivity index (χ4v) is 3.04. The normalized spacial score (nSPS) is 23.6. The maximum Gasteiger partial charge on any atom is 0.165 e. The van der Waals surface area contributed by atoms with E-state index in [9.17, 15) is 0 Å². The molecule has 1 aromatic carbocycles. The number of rotatable bonds is 3. The molecule has 2 aliphatic heterocycles. The van der Waals surface area contributed by atoms with Crippen molar-refractivity contribution in [2.75, 3.05) is 40.0 Å². The molecule has 1 atom stereocenters. The van der Waals surface area contributed by atoms with Crippen LogP contribution < -0.4 is 9.47 Å². The summed E-state index contributed by atoms with van der Waals surface area (Å²) >= 11 is 0. The molecule has 0 unspecified atom stereocenters. The van der Waals surface area contributed by atoms with E-state index >= 15 is 0 Å². The Kier molecular flexibility index (Phi) is 4.43. The van der Waals surface area contributed by atoms with Crippen LogP contribution in [-0.2, 0) is 11.3 Å². The van der Waals surface area contributed by atoms with E-state index in [1.807, 2.05) is 12.1 Å². The molecule has 1 fully saturated rings. The molecule has 110 valence electrons. The average molecular weight is 277 g/mol. The molecular weight excluding hydrogens is 254 g/mol. The van der Waals surface area contributed by atoms with Gasteiger partial charge in [0.2, 0.25) is 0 Å². The molecule has 0 N–H and O–H groups in total. The van der Waals surface area contributed by atoms with E-state index in [2.05, 4.69) is 11.0 Å². The topological polar surface area (TPSA) is 30.9 Å². The van der Waals surface area contributed by atoms with Gasteiger partial charge in [0.25, 0.3) is 0 Å². The van der Waals surface area contributed by atoms with Gasteiger partial charge in [-0.05, 0) is 24.8 Å². The monoisotopic (exact) mass is 277 g/mol. The highest BCUT2D eigenvalue weighted by Gasteiger charge is 2.22. The molecule has 2 heterocycles. The lowest BCUT2D eigenvalue weighted by atomic mass is 10.1. The van der Waals surface area contributed by atoms with Crippen LogP contribution in [-0.4, -0.2) is 44.9 Å². The largest absolute Gasteiger partial charge is 0.493 e. The van der Waals surface area contributed by atoms with E-state index < -0.39 is 0 Å². The first-order chi connectivity index (χ1) is 9.86. The Hall–Kier alpha value is -1.26. The highest BCUT2D eigenvalue weighted by atomic mass is 16.5. The molecule has 20 heavy (non-hydrogen) atoms. The zero-order valence-corrected chi connectivity index (χ0v) is 12.1. The summed E-state index contributed by atoms with van der Waals surface area (Å²) in [7, 11) is 1.70. The first kappa shape index (κ1) is 13.7. The zero-order valence-electron chi connectivity index (χ0n) is 12.1. The van der Waals surface area contributed by atoms with E-state index in [1.54, 1.807) is 7.11 Å². The Morgan fingerprint density at radius 2 is 2.30 bits per heavy atom. The highest BCUT2D eigenvalue weighted by Crippen LogP contribution is 2.33. The minimum Gasteiger partial charge on any atom is -0.493 e. The Morgan fingerprint density at radius 1 is 1.35 bits per heavy atom. The van der Waals surface area contributed by atoms with E-state index in [-0.39, 0.29) is 0 Å². The van der Waals surface area contributed by atoms with Gasteiger partial charge in [-0.15, -0.1) is 0 Å². The highest BCUT2D eigenvalue weighted by molar-refractivity contribution is 5.46. The Morgan fingerprint density at radius 3 is 3.10 bits per heavy atom. The number of methoxy groups -OCH3 is 1. The SMILES string of the molecule is COc1cccc2c1OCCCN(C[C@H]1CCOC1)C2. The maximum absolute atomic E-state index is 5.89. The third-order valence-corrected chi connectivity index (χ3v) is 4.08. The van der Waals surface area contributed by atoms with Gasteiger partial charge in [0, 0.05) is 31.8 Å². The quantitative estimate of drug-likeness (QED) is 0.848. The molecule has 1 aromatic rings. The van der Waals surface area contributed by atoms with Gasteiger partial charge in [-0.25, -0.2) is 0 Å². The molecule has 0 bridgehead atoms. The first-order valence-electron chi connectivity index (χ1n) is 7.45. The van der Waals surface area contributed by atoms with Crippen molar-refractivity contribution in [2.24, 2.45) is 5.92 Å². The molecule has 0 radical (unpaired) electrons. The summed E-state index contributed by atoms with van der Waals surface area (Å²) in [5, 5.41) is 0. The lowest BCUT2D eigenvalue weighted by molar-refractivity contribution is 0.153. The molecule has 0 spiro atoms. The molecule has 0 saturated carbocycles. The van der Waals surface area contributed by atoms with E-state index in [0.717, 1.165) is 57.4 Å². The van der Waals surface area contributed by atoms with Crippen LogP contribution in [0.2, 0.25) is 0 Å². The minimum atomic E-state index is 0.685. The summed E-state index contributed by atoms with van der Waals surface area (Å²) in [6.07, 6.45) is 2.25. The number of benzene rings is 1. The van der Waals surface area contributed by atoms with Crippen molar-refractivity contribution in [3.05, 3.63) is 23.8 Å². The van der Waals surface area contributed by atoms with Gasteiger partial charge in [0.1, 0.15) is 0 Å². The summed E-state index contributed by atoms with van der Waals surface area (Å²) in [5.74, 6) is 2.44. The molecule has 4 nitrogen and oxygen atoms in total. The number of fused-ring (bicyclic) bond motifs is 1. The van der Waals surface area contributed by atoms with Gasteiger partial charge in [-0.3, -0.25) is 4.90 Å². The second-order valence-electron chi connectivity index (χ2n) is 5.62. The van der Waals surface area contributed by atoms with Gasteiger partial charge < -0.3 is 14.2 Å². The third-order valence-electron chi connectivity index (χ3n) is 4.08. The number of ether oxygens (including phenoxy) is 3. The zero-order chi connectivity index (χ0) is 13.8. The van der Waals surface area contributed by atoms with E-state index in [0.29, 0.717) is 5.92 Å². The Labute approximate surface area is 120 Å². The smallest absolute Gasteiger partial charge is 0.165 e. The Balaban J connectivity index is 1.75. The van der Waals surface area contributed by atoms with Crippen LogP contribution in [0.15, 0.2) is 18.2 Å². The molecule has 0 aliphatic carbocycles. The molecular formula is C16H23NO3. The summed E-state index contributed by atoms with van der Waals surface area (Å²) in [4.78, 5) is 2.53. The minimum absolute atomic E-state index is 0.685. The second-order valence-corrected chi connectivity index (χ2v) is 5.62. The van der Waals surface area contributed by atoms with Crippen molar-refractivity contribution < 1.29 is 14.2 Å². The van der Waals surface area contributed by atoms with Crippen LogP contribution in [0.5, 0.6) is 11.5 Å². The molecule has 1 saturated heterocycles. The maximum atomic E-state index is 5.89. The van der Waals surface area contributed by atoms with Crippen LogP contribution in [0, 0.1) is 5.92 Å². The second kappa shape index (κ2) is 6.46. The lowest BCUT2D eigenvalue weighted by Gasteiger charge is -2.28. The predicted octanol–water partition coefficient (Wildman–Crippen LogP) is 2.32. The fraction of sp³-hybridized carbons (Fsp3) is 0.625. The van der Waals surface area contributed by atoms with Crippen LogP contribution in [0.1, 0.15) is 18.4 Å².